The summed E-state index contributed by atoms with van der Waals surface area (Å²) in [5, 5.41) is 18.0. The average molecular weight is 248 g/mol. The van der Waals surface area contributed by atoms with Gasteiger partial charge in [-0.25, -0.2) is 0 Å². The first-order valence-corrected chi connectivity index (χ1v) is 4.75. The van der Waals surface area contributed by atoms with Gasteiger partial charge >= 0.3 is 12.1 Å². The summed E-state index contributed by atoms with van der Waals surface area (Å²) < 4.78 is 38.2. The van der Waals surface area contributed by atoms with E-state index in [4.69, 9.17) is 5.11 Å². The minimum Gasteiger partial charge on any atom is -0.481 e. The van der Waals surface area contributed by atoms with E-state index in [1.54, 1.807) is 6.92 Å². The van der Waals surface area contributed by atoms with Crippen molar-refractivity contribution >= 4 is 5.97 Å². The third kappa shape index (κ3) is 2.76. The Kier molecular flexibility index (Phi) is 3.47. The van der Waals surface area contributed by atoms with Gasteiger partial charge in [0.05, 0.1) is 6.42 Å². The van der Waals surface area contributed by atoms with Crippen LogP contribution in [0, 0.1) is 6.92 Å². The van der Waals surface area contributed by atoms with Crippen molar-refractivity contribution in [1.29, 1.82) is 0 Å². The number of benzene rings is 1. The Morgan fingerprint density at radius 2 is 1.71 bits per heavy atom. The highest BCUT2D eigenvalue weighted by Gasteiger charge is 2.56. The number of alkyl halides is 3. The first-order chi connectivity index (χ1) is 7.67. The molecule has 0 spiro atoms. The summed E-state index contributed by atoms with van der Waals surface area (Å²) in [6, 6.07) is 4.92. The molecule has 94 valence electrons. The Labute approximate surface area is 95.5 Å². The molecule has 1 rings (SSSR count). The van der Waals surface area contributed by atoms with Crippen LogP contribution in [-0.2, 0) is 10.4 Å². The van der Waals surface area contributed by atoms with Gasteiger partial charge < -0.3 is 10.2 Å². The van der Waals surface area contributed by atoms with Crippen LogP contribution in [-0.4, -0.2) is 22.4 Å². The molecule has 0 saturated heterocycles. The summed E-state index contributed by atoms with van der Waals surface area (Å²) in [4.78, 5) is 10.4. The molecule has 0 aliphatic heterocycles. The Morgan fingerprint density at radius 1 is 1.24 bits per heavy atom. The molecule has 3 nitrogen and oxygen atoms in total. The van der Waals surface area contributed by atoms with E-state index in [1.165, 1.54) is 12.1 Å². The number of aliphatic carboxylic acids is 1. The van der Waals surface area contributed by atoms with E-state index >= 15 is 0 Å². The number of carbonyl (C=O) groups is 1. The van der Waals surface area contributed by atoms with Crippen LogP contribution >= 0.6 is 0 Å². The lowest BCUT2D eigenvalue weighted by Crippen LogP contribution is -2.44. The molecule has 0 aliphatic carbocycles. The molecule has 0 heterocycles. The van der Waals surface area contributed by atoms with E-state index in [2.05, 4.69) is 0 Å². The van der Waals surface area contributed by atoms with E-state index in [1.807, 2.05) is 0 Å². The number of carboxylic acids is 1. The van der Waals surface area contributed by atoms with Crippen molar-refractivity contribution in [3.8, 4) is 0 Å². The van der Waals surface area contributed by atoms with Crippen molar-refractivity contribution in [2.45, 2.75) is 25.1 Å². The minimum absolute atomic E-state index is 0.474. The first kappa shape index (κ1) is 13.5. The summed E-state index contributed by atoms with van der Waals surface area (Å²) in [6.45, 7) is 1.67. The van der Waals surface area contributed by atoms with Gasteiger partial charge in [-0.15, -0.1) is 0 Å². The predicted octanol–water partition coefficient (Wildman–Crippen LogP) is 2.22. The number of hydrogen-bond donors (Lipinski definition) is 2. The van der Waals surface area contributed by atoms with Crippen LogP contribution in [0.5, 0.6) is 0 Å². The highest BCUT2D eigenvalue weighted by molar-refractivity contribution is 5.68. The molecule has 1 unspecified atom stereocenters. The van der Waals surface area contributed by atoms with Gasteiger partial charge in [0.2, 0.25) is 0 Å². The standard InChI is InChI=1S/C11H11F3O3/c1-7-2-4-8(5-3-7)10(17,6-9(15)16)11(12,13)14/h2-5,17H,6H2,1H3,(H,15,16). The highest BCUT2D eigenvalue weighted by Crippen LogP contribution is 2.41. The van der Waals surface area contributed by atoms with Crippen LogP contribution < -0.4 is 0 Å². The third-order valence-electron chi connectivity index (χ3n) is 2.41. The maximum absolute atomic E-state index is 12.7. The molecule has 0 fully saturated rings. The van der Waals surface area contributed by atoms with Crippen molar-refractivity contribution < 1.29 is 28.2 Å². The number of aliphatic hydroxyl groups is 1. The van der Waals surface area contributed by atoms with Crippen molar-refractivity contribution in [1.82, 2.24) is 0 Å². The summed E-state index contributed by atoms with van der Waals surface area (Å²) in [7, 11) is 0. The fourth-order valence-electron chi connectivity index (χ4n) is 1.41. The van der Waals surface area contributed by atoms with Gasteiger partial charge in [-0.2, -0.15) is 13.2 Å². The molecule has 1 aromatic carbocycles. The van der Waals surface area contributed by atoms with Crippen molar-refractivity contribution in [2.24, 2.45) is 0 Å². The summed E-state index contributed by atoms with van der Waals surface area (Å²) >= 11 is 0. The fraction of sp³-hybridized carbons (Fsp3) is 0.364. The van der Waals surface area contributed by atoms with Crippen molar-refractivity contribution in [3.05, 3.63) is 35.4 Å². The van der Waals surface area contributed by atoms with Gasteiger partial charge in [0.15, 0.2) is 5.60 Å². The molecule has 6 heteroatoms. The lowest BCUT2D eigenvalue weighted by atomic mass is 9.89. The van der Waals surface area contributed by atoms with Gasteiger partial charge in [0.1, 0.15) is 0 Å². The Morgan fingerprint density at radius 3 is 2.06 bits per heavy atom. The Balaban J connectivity index is 3.24. The zero-order valence-electron chi connectivity index (χ0n) is 8.95. The molecule has 17 heavy (non-hydrogen) atoms. The first-order valence-electron chi connectivity index (χ1n) is 4.75. The quantitative estimate of drug-likeness (QED) is 0.862. The van der Waals surface area contributed by atoms with E-state index in [9.17, 15) is 23.1 Å². The molecule has 0 saturated carbocycles. The van der Waals surface area contributed by atoms with Gasteiger partial charge in [0, 0.05) is 0 Å². The maximum Gasteiger partial charge on any atom is 0.422 e. The van der Waals surface area contributed by atoms with Crippen LogP contribution in [0.25, 0.3) is 0 Å². The van der Waals surface area contributed by atoms with E-state index in [0.717, 1.165) is 12.1 Å². The number of hydrogen-bond acceptors (Lipinski definition) is 2. The number of rotatable bonds is 3. The summed E-state index contributed by atoms with van der Waals surface area (Å²) in [5.74, 6) is -1.72. The molecule has 1 aromatic rings. The monoisotopic (exact) mass is 248 g/mol. The van der Waals surface area contributed by atoms with E-state index in [-0.39, 0.29) is 0 Å². The second-order valence-corrected chi connectivity index (χ2v) is 3.79. The lowest BCUT2D eigenvalue weighted by molar-refractivity contribution is -0.269. The minimum atomic E-state index is -5.04. The fourth-order valence-corrected chi connectivity index (χ4v) is 1.41. The predicted molar refractivity (Wildman–Crippen MR) is 53.4 cm³/mol. The summed E-state index contributed by atoms with van der Waals surface area (Å²) in [5.41, 5.74) is -3.11. The molecule has 0 amide bonds. The number of aryl methyl sites for hydroxylation is 1. The zero-order chi connectivity index (χ0) is 13.3. The zero-order valence-corrected chi connectivity index (χ0v) is 8.95. The molecule has 2 N–H and O–H groups in total. The average Bonchev–Trinajstić information content (AvgIpc) is 2.15. The van der Waals surface area contributed by atoms with Gasteiger partial charge in [-0.3, -0.25) is 4.79 Å². The largest absolute Gasteiger partial charge is 0.481 e. The lowest BCUT2D eigenvalue weighted by Gasteiger charge is -2.29. The van der Waals surface area contributed by atoms with E-state index < -0.39 is 29.7 Å². The Bertz CT molecular complexity index is 411. The van der Waals surface area contributed by atoms with Crippen LogP contribution in [0.2, 0.25) is 0 Å². The van der Waals surface area contributed by atoms with Crippen molar-refractivity contribution in [2.75, 3.05) is 0 Å². The van der Waals surface area contributed by atoms with Gasteiger partial charge in [-0.05, 0) is 12.5 Å². The molecule has 0 radical (unpaired) electrons. The second-order valence-electron chi connectivity index (χ2n) is 3.79. The molecular weight excluding hydrogens is 237 g/mol. The number of carboxylic acid groups (broad SMARTS) is 1. The molecule has 0 aliphatic rings. The molecule has 0 bridgehead atoms. The SMILES string of the molecule is Cc1ccc(C(O)(CC(=O)O)C(F)(F)F)cc1. The molecule has 1 atom stereocenters. The summed E-state index contributed by atoms with van der Waals surface area (Å²) in [6.07, 6.45) is -6.46. The Hall–Kier alpha value is -1.56. The maximum atomic E-state index is 12.7. The third-order valence-corrected chi connectivity index (χ3v) is 2.41. The van der Waals surface area contributed by atoms with Crippen LogP contribution in [0.1, 0.15) is 17.5 Å². The number of halogens is 3. The smallest absolute Gasteiger partial charge is 0.422 e. The van der Waals surface area contributed by atoms with Crippen LogP contribution in [0.4, 0.5) is 13.2 Å². The van der Waals surface area contributed by atoms with Gasteiger partial charge in [0.25, 0.3) is 0 Å². The normalized spacial score (nSPS) is 15.4. The van der Waals surface area contributed by atoms with Crippen molar-refractivity contribution in [3.63, 3.8) is 0 Å². The van der Waals surface area contributed by atoms with Crippen LogP contribution in [0.3, 0.4) is 0 Å². The van der Waals surface area contributed by atoms with Gasteiger partial charge in [-0.1, -0.05) is 29.8 Å². The second kappa shape index (κ2) is 4.37. The van der Waals surface area contributed by atoms with Crippen LogP contribution in [0.15, 0.2) is 24.3 Å². The molecule has 0 aromatic heterocycles. The highest BCUT2D eigenvalue weighted by atomic mass is 19.4. The molecular formula is C11H11F3O3. The van der Waals surface area contributed by atoms with E-state index in [0.29, 0.717) is 5.56 Å². The topological polar surface area (TPSA) is 57.5 Å².